The van der Waals surface area contributed by atoms with E-state index in [0.29, 0.717) is 0 Å². The van der Waals surface area contributed by atoms with Crippen molar-refractivity contribution >= 4 is 21.7 Å². The van der Waals surface area contributed by atoms with Crippen molar-refractivity contribution in [2.45, 2.75) is 13.8 Å². The molecule has 1 aromatic rings. The molecule has 0 bridgehead atoms. The van der Waals surface area contributed by atoms with Gasteiger partial charge in [0.2, 0.25) is 0 Å². The van der Waals surface area contributed by atoms with E-state index in [-0.39, 0.29) is 0 Å². The summed E-state index contributed by atoms with van der Waals surface area (Å²) in [6, 6.07) is 0. The number of rotatable bonds is 2. The Morgan fingerprint density at radius 3 is 2.38 bits per heavy atom. The van der Waals surface area contributed by atoms with Gasteiger partial charge in [0.25, 0.3) is 0 Å². The van der Waals surface area contributed by atoms with E-state index in [1.165, 1.54) is 0 Å². The first-order valence-corrected chi connectivity index (χ1v) is 4.74. The van der Waals surface area contributed by atoms with E-state index in [1.54, 1.807) is 0 Å². The molecular weight excluding hydrogens is 232 g/mol. The second kappa shape index (κ2) is 4.02. The normalized spacial score (nSPS) is 10.6. The fourth-order valence-electron chi connectivity index (χ4n) is 0.985. The van der Waals surface area contributed by atoms with Gasteiger partial charge >= 0.3 is 0 Å². The van der Waals surface area contributed by atoms with E-state index in [2.05, 4.69) is 31.3 Å². The van der Waals surface area contributed by atoms with Crippen molar-refractivity contribution < 1.29 is 0 Å². The third kappa shape index (κ3) is 2.63. The molecule has 0 spiro atoms. The van der Waals surface area contributed by atoms with Gasteiger partial charge in [-0.25, -0.2) is 15.0 Å². The highest BCUT2D eigenvalue weighted by Gasteiger charge is 2.06. The lowest BCUT2D eigenvalue weighted by molar-refractivity contribution is 0.491. The molecule has 0 fully saturated rings. The Hall–Kier alpha value is -0.680. The number of halogens is 1. The second-order valence-corrected chi connectivity index (χ2v) is 3.82. The van der Waals surface area contributed by atoms with Crippen LogP contribution in [0.15, 0.2) is 4.47 Å². The Kier molecular flexibility index (Phi) is 3.22. The SMILES string of the molecule is Cc1nc(C)c(Br)c(NN(C)C)n1. The van der Waals surface area contributed by atoms with Crippen LogP contribution in [0.3, 0.4) is 0 Å². The maximum absolute atomic E-state index is 4.26. The summed E-state index contributed by atoms with van der Waals surface area (Å²) in [5, 5.41) is 1.84. The van der Waals surface area contributed by atoms with Crippen LogP contribution in [0.25, 0.3) is 0 Å². The van der Waals surface area contributed by atoms with Crippen molar-refractivity contribution in [1.29, 1.82) is 0 Å². The number of nitrogens with one attached hydrogen (secondary N) is 1. The van der Waals surface area contributed by atoms with Crippen LogP contribution in [0.4, 0.5) is 5.82 Å². The van der Waals surface area contributed by atoms with Crippen molar-refractivity contribution in [2.24, 2.45) is 0 Å². The molecule has 0 saturated carbocycles. The molecule has 1 rings (SSSR count). The monoisotopic (exact) mass is 244 g/mol. The molecule has 13 heavy (non-hydrogen) atoms. The Labute approximate surface area is 86.5 Å². The zero-order valence-corrected chi connectivity index (χ0v) is 9.81. The molecule has 0 aromatic carbocycles. The summed E-state index contributed by atoms with van der Waals surface area (Å²) in [6.07, 6.45) is 0. The average molecular weight is 245 g/mol. The summed E-state index contributed by atoms with van der Waals surface area (Å²) in [5.74, 6) is 1.57. The smallest absolute Gasteiger partial charge is 0.158 e. The Bertz CT molecular complexity index is 311. The standard InChI is InChI=1S/C8H13BrN4/c1-5-7(9)8(12-13(3)4)11-6(2)10-5/h1-4H3,(H,10,11,12). The molecule has 1 aromatic heterocycles. The molecule has 1 N–H and O–H groups in total. The molecule has 0 amide bonds. The van der Waals surface area contributed by atoms with Crippen LogP contribution in [0.5, 0.6) is 0 Å². The van der Waals surface area contributed by atoms with Crippen LogP contribution in [-0.4, -0.2) is 29.1 Å². The number of hydrogen-bond donors (Lipinski definition) is 1. The molecule has 0 radical (unpaired) electrons. The first kappa shape index (κ1) is 10.4. The van der Waals surface area contributed by atoms with Gasteiger partial charge in [-0.05, 0) is 29.8 Å². The molecule has 72 valence electrons. The molecule has 0 aliphatic rings. The number of aromatic nitrogens is 2. The van der Waals surface area contributed by atoms with Crippen LogP contribution in [0, 0.1) is 13.8 Å². The first-order valence-electron chi connectivity index (χ1n) is 3.95. The minimum atomic E-state index is 0.769. The van der Waals surface area contributed by atoms with Crippen molar-refractivity contribution in [1.82, 2.24) is 15.0 Å². The first-order chi connectivity index (χ1) is 6.00. The lowest BCUT2D eigenvalue weighted by Crippen LogP contribution is -2.21. The molecule has 0 saturated heterocycles. The number of hydrazine groups is 1. The van der Waals surface area contributed by atoms with E-state index >= 15 is 0 Å². The molecule has 0 atom stereocenters. The summed E-state index contributed by atoms with van der Waals surface area (Å²) >= 11 is 3.43. The fraction of sp³-hybridized carbons (Fsp3) is 0.500. The Morgan fingerprint density at radius 2 is 1.85 bits per heavy atom. The summed E-state index contributed by atoms with van der Waals surface area (Å²) in [6.45, 7) is 3.82. The molecule has 4 nitrogen and oxygen atoms in total. The number of aryl methyl sites for hydroxylation is 2. The Balaban J connectivity index is 3.05. The van der Waals surface area contributed by atoms with Crippen LogP contribution >= 0.6 is 15.9 Å². The van der Waals surface area contributed by atoms with E-state index in [1.807, 2.05) is 33.0 Å². The van der Waals surface area contributed by atoms with Crippen LogP contribution < -0.4 is 5.43 Å². The highest BCUT2D eigenvalue weighted by atomic mass is 79.9. The van der Waals surface area contributed by atoms with E-state index < -0.39 is 0 Å². The quantitative estimate of drug-likeness (QED) is 0.806. The van der Waals surface area contributed by atoms with Gasteiger partial charge < -0.3 is 5.43 Å². The van der Waals surface area contributed by atoms with Gasteiger partial charge in [0.15, 0.2) is 5.82 Å². The van der Waals surface area contributed by atoms with Gasteiger partial charge in [0.1, 0.15) is 5.82 Å². The lowest BCUT2D eigenvalue weighted by atomic mass is 10.4. The van der Waals surface area contributed by atoms with Gasteiger partial charge in [0, 0.05) is 14.1 Å². The summed E-state index contributed by atoms with van der Waals surface area (Å²) in [7, 11) is 3.83. The molecule has 0 aliphatic carbocycles. The van der Waals surface area contributed by atoms with E-state index in [9.17, 15) is 0 Å². The van der Waals surface area contributed by atoms with Crippen LogP contribution in [-0.2, 0) is 0 Å². The fourth-order valence-corrected chi connectivity index (χ4v) is 1.25. The topological polar surface area (TPSA) is 41.1 Å². The minimum absolute atomic E-state index is 0.769. The van der Waals surface area contributed by atoms with Crippen molar-refractivity contribution in [3.8, 4) is 0 Å². The van der Waals surface area contributed by atoms with Crippen LogP contribution in [0.1, 0.15) is 11.5 Å². The molecular formula is C8H13BrN4. The third-order valence-corrected chi connectivity index (χ3v) is 2.41. The number of anilines is 1. The van der Waals surface area contributed by atoms with E-state index in [0.717, 1.165) is 21.8 Å². The Morgan fingerprint density at radius 1 is 1.23 bits per heavy atom. The van der Waals surface area contributed by atoms with Crippen molar-refractivity contribution in [3.05, 3.63) is 16.0 Å². The second-order valence-electron chi connectivity index (χ2n) is 3.03. The van der Waals surface area contributed by atoms with Crippen molar-refractivity contribution in [3.63, 3.8) is 0 Å². The summed E-state index contributed by atoms with van der Waals surface area (Å²) < 4.78 is 0.909. The highest BCUT2D eigenvalue weighted by molar-refractivity contribution is 9.10. The largest absolute Gasteiger partial charge is 0.303 e. The molecule has 0 aliphatic heterocycles. The maximum Gasteiger partial charge on any atom is 0.158 e. The van der Waals surface area contributed by atoms with Gasteiger partial charge in [-0.15, -0.1) is 0 Å². The van der Waals surface area contributed by atoms with Gasteiger partial charge in [0.05, 0.1) is 10.2 Å². The van der Waals surface area contributed by atoms with Gasteiger partial charge in [-0.3, -0.25) is 0 Å². The third-order valence-electron chi connectivity index (χ3n) is 1.46. The molecule has 1 heterocycles. The average Bonchev–Trinajstić information content (AvgIpc) is 1.98. The zero-order chi connectivity index (χ0) is 10.0. The molecule has 0 unspecified atom stereocenters. The molecule has 5 heteroatoms. The maximum atomic E-state index is 4.26. The van der Waals surface area contributed by atoms with Crippen LogP contribution in [0.2, 0.25) is 0 Å². The highest BCUT2D eigenvalue weighted by Crippen LogP contribution is 2.22. The van der Waals surface area contributed by atoms with Crippen molar-refractivity contribution in [2.75, 3.05) is 19.5 Å². The lowest BCUT2D eigenvalue weighted by Gasteiger charge is -2.14. The zero-order valence-electron chi connectivity index (χ0n) is 8.22. The number of nitrogens with zero attached hydrogens (tertiary/aromatic N) is 3. The number of hydrogen-bond acceptors (Lipinski definition) is 4. The van der Waals surface area contributed by atoms with Gasteiger partial charge in [-0.1, -0.05) is 0 Å². The minimum Gasteiger partial charge on any atom is -0.303 e. The predicted molar refractivity (Wildman–Crippen MR) is 56.5 cm³/mol. The van der Waals surface area contributed by atoms with Gasteiger partial charge in [-0.2, -0.15) is 0 Å². The summed E-state index contributed by atoms with van der Waals surface area (Å²) in [5.41, 5.74) is 4.03. The summed E-state index contributed by atoms with van der Waals surface area (Å²) in [4.78, 5) is 8.49. The van der Waals surface area contributed by atoms with E-state index in [4.69, 9.17) is 0 Å². The predicted octanol–water partition coefficient (Wildman–Crippen LogP) is 1.74.